The Morgan fingerprint density at radius 1 is 0.745 bits per heavy atom. The lowest BCUT2D eigenvalue weighted by atomic mass is 9.86. The Balaban J connectivity index is 1.24. The van der Waals surface area contributed by atoms with Crippen LogP contribution in [0, 0.1) is 5.92 Å². The van der Waals surface area contributed by atoms with Crippen molar-refractivity contribution in [1.29, 1.82) is 0 Å². The first-order valence-electron chi connectivity index (χ1n) is 32.0. The molecule has 19 atom stereocenters. The van der Waals surface area contributed by atoms with Crippen molar-refractivity contribution in [2.24, 2.45) is 23.3 Å². The zero-order valence-electron chi connectivity index (χ0n) is 55.0. The lowest BCUT2D eigenvalue weighted by molar-refractivity contribution is -0.333. The molecule has 0 spiro atoms. The minimum atomic E-state index is -2.37. The summed E-state index contributed by atoms with van der Waals surface area (Å²) in [5, 5.41) is 133. The number of likely N-dealkylation sites (N-methyl/N-ethyl adjacent to an activating group) is 1. The molecule has 550 valence electrons. The van der Waals surface area contributed by atoms with Gasteiger partial charge in [-0.1, -0.05) is 55.2 Å². The number of aliphatic hydroxyl groups excluding tert-OH is 7. The second-order valence-electron chi connectivity index (χ2n) is 26.0. The number of phenolic OH excluding ortho intramolecular Hbond substituents is 2. The van der Waals surface area contributed by atoms with Gasteiger partial charge < -0.3 is 128 Å². The number of amides is 6. The summed E-state index contributed by atoms with van der Waals surface area (Å²) in [6.07, 6.45) is -20.7. The summed E-state index contributed by atoms with van der Waals surface area (Å²) in [5.41, 5.74) is 8.41. The van der Waals surface area contributed by atoms with Crippen molar-refractivity contribution in [3.8, 4) is 57.1 Å². The minimum Gasteiger partial charge on any atom is -0.507 e. The molecule has 5 aromatic carbocycles. The first-order valence-corrected chi connectivity index (χ1v) is 32.7. The second-order valence-corrected chi connectivity index (χ2v) is 26.8. The Labute approximate surface area is 590 Å². The fourth-order valence-electron chi connectivity index (χ4n) is 12.7. The van der Waals surface area contributed by atoms with E-state index in [9.17, 15) is 70.2 Å². The number of aliphatic carboxylic acids is 1. The van der Waals surface area contributed by atoms with Gasteiger partial charge in [0.25, 0.3) is 0 Å². The van der Waals surface area contributed by atoms with Gasteiger partial charge in [0.15, 0.2) is 29.6 Å². The summed E-state index contributed by atoms with van der Waals surface area (Å²) in [7, 11) is 1.48. The third-order valence-electron chi connectivity index (χ3n) is 18.0. The minimum absolute atomic E-state index is 0.0940. The number of hydrogen-bond donors (Lipinski definition) is 20. The summed E-state index contributed by atoms with van der Waals surface area (Å²) >= 11 is 14.2. The van der Waals surface area contributed by atoms with Crippen LogP contribution in [0.5, 0.6) is 46.0 Å². The standard InChI is InChI=1S/C66H78Cl2N10O24/c1-23(2)12-34(72-5)58(88)77-49-51(83)26-7-10-38(32(67)14-26)97-40-16-28-17-41(55(40)101-65-56(54(86)53(85)42(22-79)99-65)100-44-21-66(4,70)57(87)24(3)96-44)98-39-11-8-27(15-33(39)68)52(84)50-63(93)76-48(64(94)95)31-18-29(102-71)19-37(81)45(31)30-13-25(6-9-36(30)80)46(60(90)78-50)75-61(91)47(28)74-59(89)35(20-43(69)82)73-62(49)92/h6-11,13-19,23-24,34-35,42,44,46-54,56-57,63,65,72,76,79-81,83-87,93H,12,20-22,70-71H2,1-5H3,(H2,69,82)(H,73,92)(H,74,89)(H,75,91)(H,77,88)(H,78,90)(H,94,95)/t24-,34+,35-,42+,44-,46+,47+,48-,49?,50-,51+,52+,53+,54-,56+,57+,63+,65?,66-/m0/s1. The average molecular weight is 1470 g/mol. The Bertz CT molecular complexity index is 4040. The van der Waals surface area contributed by atoms with Crippen LogP contribution in [0.3, 0.4) is 0 Å². The van der Waals surface area contributed by atoms with Gasteiger partial charge in [-0.3, -0.25) is 38.9 Å². The van der Waals surface area contributed by atoms with Crippen LogP contribution in [0.25, 0.3) is 11.1 Å². The SMILES string of the molecule is CN[C@H](CC(C)C)C(=O)NC1C(=O)N[C@@H](CC(N)=O)C(=O)N[C@H]2C(=O)N[C@H]3C(=O)N[C@@H]([C@H](O)c4ccc(c(Cl)c4)Oc4cc2cc(c4OC2O[C@H](CO)[C@@H](O)[C@H](O)[C@H]2O[C@H]2C[C@](C)(N)[C@H](O)[C@H](C)O2)Oc2ccc(cc2Cl)[C@H]1O)[C@@H](O)N[C@H](C(=O)O)c1cc(ON)cc(O)c1-c1cc3ccc1O. The van der Waals surface area contributed by atoms with E-state index in [2.05, 4.69) is 37.2 Å². The van der Waals surface area contributed by atoms with Crippen molar-refractivity contribution < 1.29 is 118 Å². The molecule has 0 saturated carbocycles. The molecule has 23 N–H and O–H groups in total. The van der Waals surface area contributed by atoms with Gasteiger partial charge >= 0.3 is 5.97 Å². The number of nitrogens with one attached hydrogen (secondary N) is 7. The molecule has 2 saturated heterocycles. The van der Waals surface area contributed by atoms with E-state index in [1.165, 1.54) is 39.1 Å². The van der Waals surface area contributed by atoms with E-state index in [-0.39, 0.29) is 57.7 Å². The third kappa shape index (κ3) is 16.0. The molecule has 7 heterocycles. The van der Waals surface area contributed by atoms with Crippen molar-refractivity contribution >= 4 is 64.6 Å². The lowest BCUT2D eigenvalue weighted by Crippen LogP contribution is -2.64. The number of carbonyl (C=O) groups is 7. The highest BCUT2D eigenvalue weighted by molar-refractivity contribution is 6.32. The highest BCUT2D eigenvalue weighted by atomic mass is 35.5. The zero-order valence-corrected chi connectivity index (χ0v) is 56.5. The molecule has 7 aliphatic heterocycles. The van der Waals surface area contributed by atoms with Crippen molar-refractivity contribution in [2.75, 3.05) is 13.7 Å². The summed E-state index contributed by atoms with van der Waals surface area (Å²) in [6, 6.07) is 0.394. The van der Waals surface area contributed by atoms with Crippen LogP contribution in [-0.4, -0.2) is 191 Å². The molecule has 0 radical (unpaired) electrons. The zero-order chi connectivity index (χ0) is 74.2. The van der Waals surface area contributed by atoms with Gasteiger partial charge in [-0.25, -0.2) is 0 Å². The molecule has 0 aliphatic carbocycles. The van der Waals surface area contributed by atoms with Gasteiger partial charge in [0.1, 0.15) is 90.0 Å². The van der Waals surface area contributed by atoms with Gasteiger partial charge in [-0.2, -0.15) is 5.90 Å². The van der Waals surface area contributed by atoms with Crippen LogP contribution in [0.1, 0.15) is 105 Å². The van der Waals surface area contributed by atoms with Crippen LogP contribution >= 0.6 is 23.2 Å². The van der Waals surface area contributed by atoms with Crippen LogP contribution < -0.4 is 73.6 Å². The van der Waals surface area contributed by atoms with Crippen LogP contribution in [0.4, 0.5) is 0 Å². The molecular formula is C66H78Cl2N10O24. The normalized spacial score (nSPS) is 30.0. The highest BCUT2D eigenvalue weighted by Crippen LogP contribution is 2.50. The number of phenols is 2. The van der Waals surface area contributed by atoms with Crippen molar-refractivity contribution in [1.82, 2.24) is 37.2 Å². The van der Waals surface area contributed by atoms with Crippen molar-refractivity contribution in [2.45, 2.75) is 162 Å². The fraction of sp³-hybridized carbons (Fsp3) is 0.439. The number of benzene rings is 5. The molecule has 102 heavy (non-hydrogen) atoms. The van der Waals surface area contributed by atoms with Gasteiger partial charge in [0, 0.05) is 29.2 Å². The topological polar surface area (TPSA) is 549 Å². The van der Waals surface area contributed by atoms with Gasteiger partial charge in [0.05, 0.1) is 47.4 Å². The third-order valence-corrected chi connectivity index (χ3v) is 18.6. The number of hydrogen-bond acceptors (Lipinski definition) is 27. The van der Waals surface area contributed by atoms with E-state index in [1.54, 1.807) is 0 Å². The molecule has 12 rings (SSSR count). The maximum absolute atomic E-state index is 16.1. The molecule has 2 unspecified atom stereocenters. The largest absolute Gasteiger partial charge is 0.507 e. The Morgan fingerprint density at radius 3 is 1.93 bits per heavy atom. The average Bonchev–Trinajstić information content (AvgIpc) is 0.768. The number of rotatable bonds is 14. The number of nitrogens with two attached hydrogens (primary N) is 3. The Morgan fingerprint density at radius 2 is 1.35 bits per heavy atom. The number of carboxylic acids is 1. The van der Waals surface area contributed by atoms with Crippen LogP contribution in [0.15, 0.2) is 78.9 Å². The van der Waals surface area contributed by atoms with Gasteiger partial charge in [0.2, 0.25) is 47.5 Å². The van der Waals surface area contributed by atoms with Crippen molar-refractivity contribution in [3.63, 3.8) is 0 Å². The van der Waals surface area contributed by atoms with E-state index in [1.807, 2.05) is 13.8 Å². The number of carbonyl (C=O) groups excluding carboxylic acids is 6. The number of ether oxygens (including phenoxy) is 6. The van der Waals surface area contributed by atoms with Crippen LogP contribution in [-0.2, 0) is 47.8 Å². The molecule has 11 bridgehead atoms. The predicted molar refractivity (Wildman–Crippen MR) is 353 cm³/mol. The van der Waals surface area contributed by atoms with E-state index in [4.69, 9.17) is 73.8 Å². The number of primary amides is 1. The number of aromatic hydroxyl groups is 2. The molecule has 6 amide bonds. The summed E-state index contributed by atoms with van der Waals surface area (Å²) < 4.78 is 38.4. The number of carboxylic acid groups (broad SMARTS) is 1. The maximum atomic E-state index is 16.1. The molecular weight excluding hydrogens is 1390 g/mol. The first kappa shape index (κ1) is 75.9. The Hall–Kier alpha value is -8.79. The quantitative estimate of drug-likeness (QED) is 0.0620. The fourth-order valence-corrected chi connectivity index (χ4v) is 13.1. The molecule has 0 aromatic heterocycles. The van der Waals surface area contributed by atoms with Gasteiger partial charge in [-0.05, 0) is 116 Å². The van der Waals surface area contributed by atoms with Crippen LogP contribution in [0.2, 0.25) is 10.0 Å². The summed E-state index contributed by atoms with van der Waals surface area (Å²) in [5.74, 6) is -8.21. The number of aliphatic hydroxyl groups is 7. The second kappa shape index (κ2) is 31.0. The predicted octanol–water partition coefficient (Wildman–Crippen LogP) is -0.555. The smallest absolute Gasteiger partial charge is 0.325 e. The van der Waals surface area contributed by atoms with E-state index in [0.717, 1.165) is 60.7 Å². The molecule has 36 heteroatoms. The number of fused-ring (bicyclic) bond motifs is 15. The highest BCUT2D eigenvalue weighted by Gasteiger charge is 2.51. The number of halogens is 2. The Kier molecular flexibility index (Phi) is 23.1. The summed E-state index contributed by atoms with van der Waals surface area (Å²) in [4.78, 5) is 107. The molecule has 7 aliphatic rings. The molecule has 34 nitrogen and oxygen atoms in total. The monoisotopic (exact) mass is 1460 g/mol. The van der Waals surface area contributed by atoms with Gasteiger partial charge in [-0.15, -0.1) is 0 Å². The lowest BCUT2D eigenvalue weighted by Gasteiger charge is -2.47. The molecule has 2 fully saturated rings. The van der Waals surface area contributed by atoms with E-state index in [0.29, 0.717) is 0 Å². The van der Waals surface area contributed by atoms with E-state index < -0.39 is 226 Å². The molecule has 5 aromatic rings. The van der Waals surface area contributed by atoms with E-state index >= 15 is 14.4 Å². The summed E-state index contributed by atoms with van der Waals surface area (Å²) in [6.45, 7) is 5.68. The maximum Gasteiger partial charge on any atom is 0.325 e. The van der Waals surface area contributed by atoms with Crippen molar-refractivity contribution in [3.05, 3.63) is 117 Å². The first-order chi connectivity index (χ1) is 48.2.